The maximum atomic E-state index is 12.6. The summed E-state index contributed by atoms with van der Waals surface area (Å²) in [5.74, 6) is 0.584. The van der Waals surface area contributed by atoms with Gasteiger partial charge in [-0.15, -0.1) is 0 Å². The van der Waals surface area contributed by atoms with Crippen molar-refractivity contribution >= 4 is 22.5 Å². The Bertz CT molecular complexity index is 1150. The van der Waals surface area contributed by atoms with Crippen molar-refractivity contribution in [3.8, 4) is 17.0 Å². The molecule has 1 N–H and O–H groups in total. The maximum absolute atomic E-state index is 12.6. The van der Waals surface area contributed by atoms with Crippen molar-refractivity contribution in [3.63, 3.8) is 0 Å². The number of benzene rings is 3. The van der Waals surface area contributed by atoms with E-state index in [1.54, 1.807) is 7.11 Å². The van der Waals surface area contributed by atoms with Gasteiger partial charge in [0.15, 0.2) is 0 Å². The minimum absolute atomic E-state index is 0.134. The van der Waals surface area contributed by atoms with Crippen molar-refractivity contribution in [2.24, 2.45) is 0 Å². The summed E-state index contributed by atoms with van der Waals surface area (Å²) < 4.78 is 5.60. The third-order valence-electron chi connectivity index (χ3n) is 4.71. The fourth-order valence-corrected chi connectivity index (χ4v) is 3.22. The molecular weight excluding hydrogens is 348 g/mol. The molecule has 4 nitrogen and oxygen atoms in total. The zero-order chi connectivity index (χ0) is 19.5. The monoisotopic (exact) mass is 368 g/mol. The minimum atomic E-state index is -0.134. The SMILES string of the molecule is COc1cc(-c2ccccc2)nc2ccc(NC(=O)c3ccccc3C)cc12. The fraction of sp³-hybridized carbons (Fsp3) is 0.0833. The van der Waals surface area contributed by atoms with Crippen LogP contribution in [0.3, 0.4) is 0 Å². The number of aromatic nitrogens is 1. The number of hydrogen-bond donors (Lipinski definition) is 1. The predicted octanol–water partition coefficient (Wildman–Crippen LogP) is 5.47. The van der Waals surface area contributed by atoms with Crippen LogP contribution in [0.5, 0.6) is 5.75 Å². The molecule has 4 heteroatoms. The van der Waals surface area contributed by atoms with Crippen molar-refractivity contribution in [1.82, 2.24) is 4.98 Å². The summed E-state index contributed by atoms with van der Waals surface area (Å²) in [6.45, 7) is 1.92. The third kappa shape index (κ3) is 3.45. The zero-order valence-corrected chi connectivity index (χ0v) is 15.8. The van der Waals surface area contributed by atoms with Crippen LogP contribution in [0.1, 0.15) is 15.9 Å². The molecule has 4 rings (SSSR count). The van der Waals surface area contributed by atoms with Gasteiger partial charge in [0.2, 0.25) is 0 Å². The van der Waals surface area contributed by atoms with Crippen LogP contribution in [0, 0.1) is 6.92 Å². The summed E-state index contributed by atoms with van der Waals surface area (Å²) in [6, 6.07) is 25.1. The van der Waals surface area contributed by atoms with Crippen LogP contribution in [-0.4, -0.2) is 18.0 Å². The Labute approximate surface area is 163 Å². The summed E-state index contributed by atoms with van der Waals surface area (Å²) in [5, 5.41) is 3.82. The van der Waals surface area contributed by atoms with Gasteiger partial charge in [0.25, 0.3) is 5.91 Å². The lowest BCUT2D eigenvalue weighted by Crippen LogP contribution is -2.13. The summed E-state index contributed by atoms with van der Waals surface area (Å²) in [5.41, 5.74) is 4.99. The lowest BCUT2D eigenvalue weighted by Gasteiger charge is -2.12. The van der Waals surface area contributed by atoms with Gasteiger partial charge >= 0.3 is 0 Å². The van der Waals surface area contributed by atoms with Gasteiger partial charge in [-0.2, -0.15) is 0 Å². The van der Waals surface area contributed by atoms with E-state index in [1.165, 1.54) is 0 Å². The second-order valence-corrected chi connectivity index (χ2v) is 6.58. The average Bonchev–Trinajstić information content (AvgIpc) is 2.74. The number of carbonyl (C=O) groups is 1. The molecule has 138 valence electrons. The highest BCUT2D eigenvalue weighted by Gasteiger charge is 2.12. The number of carbonyl (C=O) groups excluding carboxylic acids is 1. The molecule has 0 unspecified atom stereocenters. The Kier molecular flexibility index (Phi) is 4.77. The summed E-state index contributed by atoms with van der Waals surface area (Å²) in [6.07, 6.45) is 0. The van der Waals surface area contributed by atoms with Crippen molar-refractivity contribution in [2.75, 3.05) is 12.4 Å². The summed E-state index contributed by atoms with van der Waals surface area (Å²) in [4.78, 5) is 17.4. The third-order valence-corrected chi connectivity index (χ3v) is 4.71. The highest BCUT2D eigenvalue weighted by molar-refractivity contribution is 6.06. The van der Waals surface area contributed by atoms with Gasteiger partial charge in [-0.05, 0) is 36.8 Å². The van der Waals surface area contributed by atoms with Crippen molar-refractivity contribution < 1.29 is 9.53 Å². The normalized spacial score (nSPS) is 10.6. The number of hydrogen-bond acceptors (Lipinski definition) is 3. The molecule has 1 aromatic heterocycles. The lowest BCUT2D eigenvalue weighted by molar-refractivity contribution is 0.102. The average molecular weight is 368 g/mol. The van der Waals surface area contributed by atoms with Crippen LogP contribution in [0.2, 0.25) is 0 Å². The largest absolute Gasteiger partial charge is 0.496 e. The van der Waals surface area contributed by atoms with E-state index in [9.17, 15) is 4.79 Å². The van der Waals surface area contributed by atoms with E-state index in [-0.39, 0.29) is 5.91 Å². The Morgan fingerprint density at radius 3 is 2.43 bits per heavy atom. The van der Waals surface area contributed by atoms with Crippen LogP contribution in [0.15, 0.2) is 78.9 Å². The zero-order valence-electron chi connectivity index (χ0n) is 15.8. The maximum Gasteiger partial charge on any atom is 0.255 e. The van der Waals surface area contributed by atoms with Crippen molar-refractivity contribution in [2.45, 2.75) is 6.92 Å². The lowest BCUT2D eigenvalue weighted by atomic mass is 10.1. The Morgan fingerprint density at radius 2 is 1.68 bits per heavy atom. The smallest absolute Gasteiger partial charge is 0.255 e. The van der Waals surface area contributed by atoms with Crippen LogP contribution in [0.25, 0.3) is 22.2 Å². The quantitative estimate of drug-likeness (QED) is 0.519. The number of fused-ring (bicyclic) bond motifs is 1. The van der Waals surface area contributed by atoms with E-state index in [1.807, 2.05) is 85.8 Å². The number of methoxy groups -OCH3 is 1. The predicted molar refractivity (Wildman–Crippen MR) is 113 cm³/mol. The summed E-state index contributed by atoms with van der Waals surface area (Å²) in [7, 11) is 1.64. The second kappa shape index (κ2) is 7.53. The van der Waals surface area contributed by atoms with E-state index < -0.39 is 0 Å². The van der Waals surface area contributed by atoms with Crippen molar-refractivity contribution in [3.05, 3.63) is 90.0 Å². The first kappa shape index (κ1) is 17.7. The molecule has 0 atom stereocenters. The number of ether oxygens (including phenoxy) is 1. The molecule has 0 spiro atoms. The molecular formula is C24H20N2O2. The Hall–Kier alpha value is -3.66. The van der Waals surface area contributed by atoms with Crippen LogP contribution in [-0.2, 0) is 0 Å². The molecule has 0 fully saturated rings. The molecule has 0 aliphatic rings. The number of nitrogens with zero attached hydrogens (tertiary/aromatic N) is 1. The molecule has 0 saturated carbocycles. The van der Waals surface area contributed by atoms with Gasteiger partial charge in [0, 0.05) is 28.3 Å². The molecule has 0 aliphatic heterocycles. The Balaban J connectivity index is 1.71. The number of rotatable bonds is 4. The number of anilines is 1. The van der Waals surface area contributed by atoms with Crippen molar-refractivity contribution in [1.29, 1.82) is 0 Å². The molecule has 1 heterocycles. The number of nitrogens with one attached hydrogen (secondary N) is 1. The van der Waals surface area contributed by atoms with Gasteiger partial charge < -0.3 is 10.1 Å². The fourth-order valence-electron chi connectivity index (χ4n) is 3.22. The van der Waals surface area contributed by atoms with E-state index in [4.69, 9.17) is 9.72 Å². The molecule has 0 radical (unpaired) electrons. The summed E-state index contributed by atoms with van der Waals surface area (Å²) >= 11 is 0. The van der Waals surface area contributed by atoms with E-state index in [0.29, 0.717) is 11.3 Å². The van der Waals surface area contributed by atoms with E-state index in [0.717, 1.165) is 33.5 Å². The van der Waals surface area contributed by atoms with Gasteiger partial charge in [0.05, 0.1) is 18.3 Å². The number of pyridine rings is 1. The molecule has 0 bridgehead atoms. The minimum Gasteiger partial charge on any atom is -0.496 e. The van der Waals surface area contributed by atoms with Gasteiger partial charge in [-0.1, -0.05) is 48.5 Å². The van der Waals surface area contributed by atoms with Gasteiger partial charge in [-0.3, -0.25) is 4.79 Å². The highest BCUT2D eigenvalue weighted by atomic mass is 16.5. The first-order chi connectivity index (χ1) is 13.7. The number of amides is 1. The van der Waals surface area contributed by atoms with Gasteiger partial charge in [-0.25, -0.2) is 4.98 Å². The van der Waals surface area contributed by atoms with Gasteiger partial charge in [0.1, 0.15) is 5.75 Å². The first-order valence-electron chi connectivity index (χ1n) is 9.07. The molecule has 28 heavy (non-hydrogen) atoms. The second-order valence-electron chi connectivity index (χ2n) is 6.58. The topological polar surface area (TPSA) is 51.2 Å². The molecule has 1 amide bonds. The highest BCUT2D eigenvalue weighted by Crippen LogP contribution is 2.31. The molecule has 0 aliphatic carbocycles. The Morgan fingerprint density at radius 1 is 0.929 bits per heavy atom. The molecule has 3 aromatic carbocycles. The van der Waals surface area contributed by atoms with Crippen LogP contribution in [0.4, 0.5) is 5.69 Å². The van der Waals surface area contributed by atoms with Crippen LogP contribution < -0.4 is 10.1 Å². The molecule has 4 aromatic rings. The number of aryl methyl sites for hydroxylation is 1. The van der Waals surface area contributed by atoms with Crippen LogP contribution >= 0.6 is 0 Å². The van der Waals surface area contributed by atoms with E-state index >= 15 is 0 Å². The standard InChI is InChI=1S/C24H20N2O2/c1-16-8-6-7-11-19(16)24(27)25-18-12-13-21-20(14-18)23(28-2)15-22(26-21)17-9-4-3-5-10-17/h3-15H,1-2H3,(H,25,27). The first-order valence-corrected chi connectivity index (χ1v) is 9.07. The molecule has 0 saturated heterocycles. The van der Waals surface area contributed by atoms with E-state index in [2.05, 4.69) is 5.32 Å².